The van der Waals surface area contributed by atoms with E-state index in [4.69, 9.17) is 5.11 Å². The van der Waals surface area contributed by atoms with Crippen LogP contribution in [0.3, 0.4) is 0 Å². The number of hydrogen-bond acceptors (Lipinski definition) is 3. The quantitative estimate of drug-likeness (QED) is 0.732. The van der Waals surface area contributed by atoms with Crippen LogP contribution in [0.2, 0.25) is 0 Å². The Bertz CT molecular complexity index is 662. The van der Waals surface area contributed by atoms with E-state index in [0.29, 0.717) is 31.7 Å². The molecule has 1 unspecified atom stereocenters. The van der Waals surface area contributed by atoms with Crippen LogP contribution in [0.25, 0.3) is 0 Å². The summed E-state index contributed by atoms with van der Waals surface area (Å²) in [7, 11) is 0. The topological polar surface area (TPSA) is 101 Å². The first-order chi connectivity index (χ1) is 11.5. The highest BCUT2D eigenvalue weighted by Gasteiger charge is 2.50. The van der Waals surface area contributed by atoms with Gasteiger partial charge >= 0.3 is 12.2 Å². The smallest absolute Gasteiger partial charge is 0.411 e. The number of rotatable bonds is 4. The lowest BCUT2D eigenvalue weighted by molar-refractivity contribution is 0.153. The number of carboxylic acid groups (broad SMARTS) is 2. The fourth-order valence-corrected chi connectivity index (χ4v) is 3.87. The lowest BCUT2D eigenvalue weighted by atomic mass is 9.81. The highest BCUT2D eigenvalue weighted by molar-refractivity contribution is 5.90. The molecular formula is C17H22N2O5. The Kier molecular flexibility index (Phi) is 4.36. The average molecular weight is 334 g/mol. The number of anilines is 1. The van der Waals surface area contributed by atoms with Crippen LogP contribution in [0, 0.1) is 0 Å². The average Bonchev–Trinajstić information content (AvgIpc) is 3.11. The van der Waals surface area contributed by atoms with E-state index in [1.165, 1.54) is 9.80 Å². The molecule has 1 saturated heterocycles. The van der Waals surface area contributed by atoms with Gasteiger partial charge in [-0.3, -0.25) is 4.90 Å². The van der Waals surface area contributed by atoms with Gasteiger partial charge in [-0.1, -0.05) is 12.1 Å². The first-order valence-electron chi connectivity index (χ1n) is 8.19. The number of nitrogens with zero attached hydrogens (tertiary/aromatic N) is 2. The van der Waals surface area contributed by atoms with E-state index in [1.54, 1.807) is 0 Å². The van der Waals surface area contributed by atoms with Crippen molar-refractivity contribution in [2.75, 3.05) is 31.1 Å². The van der Waals surface area contributed by atoms with Crippen LogP contribution >= 0.6 is 0 Å². The molecule has 7 nitrogen and oxygen atoms in total. The van der Waals surface area contributed by atoms with Crippen molar-refractivity contribution >= 4 is 17.9 Å². The van der Waals surface area contributed by atoms with Gasteiger partial charge in [-0.15, -0.1) is 0 Å². The molecule has 0 radical (unpaired) electrons. The second kappa shape index (κ2) is 6.32. The normalized spacial score (nSPS) is 22.2. The molecule has 2 heterocycles. The van der Waals surface area contributed by atoms with Crippen molar-refractivity contribution in [2.45, 2.75) is 31.1 Å². The number of hydrogen-bond donors (Lipinski definition) is 3. The Labute approximate surface area is 140 Å². The number of aliphatic hydroxyl groups is 1. The van der Waals surface area contributed by atoms with Crippen LogP contribution in [0.1, 0.15) is 30.4 Å². The van der Waals surface area contributed by atoms with E-state index in [0.717, 1.165) is 30.4 Å². The molecule has 2 amide bonds. The maximum Gasteiger partial charge on any atom is 0.411 e. The van der Waals surface area contributed by atoms with E-state index in [-0.39, 0.29) is 6.61 Å². The number of aliphatic hydroxyl groups excluding tert-OH is 1. The van der Waals surface area contributed by atoms with Gasteiger partial charge in [0, 0.05) is 31.7 Å². The standard InChI is InChI=1S/C17H22N2O5/c20-8-2-1-3-12-4-5-14-13(9-12)17(11-19(14)16(23)24)6-7-18(10-17)15(21)22/h4-5,9,20H,1-3,6-8,10-11H2,(H,21,22)(H,23,24). The SMILES string of the molecule is O=C(O)N1CCC2(C1)CN(C(=O)O)c1ccc(CCCCO)cc12. The Morgan fingerprint density at radius 2 is 1.92 bits per heavy atom. The van der Waals surface area contributed by atoms with Crippen molar-refractivity contribution in [3.05, 3.63) is 29.3 Å². The van der Waals surface area contributed by atoms with Crippen molar-refractivity contribution in [1.29, 1.82) is 0 Å². The molecule has 1 aromatic rings. The summed E-state index contributed by atoms with van der Waals surface area (Å²) >= 11 is 0. The van der Waals surface area contributed by atoms with Crippen LogP contribution < -0.4 is 4.90 Å². The number of fused-ring (bicyclic) bond motifs is 2. The summed E-state index contributed by atoms with van der Waals surface area (Å²) in [6.45, 7) is 1.23. The van der Waals surface area contributed by atoms with Crippen LogP contribution in [0.5, 0.6) is 0 Å². The minimum atomic E-state index is -1.00. The first-order valence-corrected chi connectivity index (χ1v) is 8.19. The van der Waals surface area contributed by atoms with Gasteiger partial charge < -0.3 is 20.2 Å². The summed E-state index contributed by atoms with van der Waals surface area (Å²) in [5.41, 5.74) is 2.26. The predicted molar refractivity (Wildman–Crippen MR) is 87.7 cm³/mol. The lowest BCUT2D eigenvalue weighted by Crippen LogP contribution is -2.39. The third-order valence-electron chi connectivity index (χ3n) is 5.11. The Hall–Kier alpha value is -2.28. The van der Waals surface area contributed by atoms with E-state index in [9.17, 15) is 19.8 Å². The lowest BCUT2D eigenvalue weighted by Gasteiger charge is -2.24. The summed E-state index contributed by atoms with van der Waals surface area (Å²) < 4.78 is 0. The molecule has 1 fully saturated rings. The highest BCUT2D eigenvalue weighted by atomic mass is 16.4. The summed E-state index contributed by atoms with van der Waals surface area (Å²) in [5, 5.41) is 27.7. The zero-order valence-electron chi connectivity index (χ0n) is 13.4. The third kappa shape index (κ3) is 2.80. The first kappa shape index (κ1) is 16.6. The zero-order chi connectivity index (χ0) is 17.3. The molecule has 1 aromatic carbocycles. The van der Waals surface area contributed by atoms with Gasteiger partial charge in [-0.05, 0) is 42.9 Å². The number of carbonyl (C=O) groups is 2. The van der Waals surface area contributed by atoms with Crippen molar-refractivity contribution in [2.24, 2.45) is 0 Å². The molecule has 0 bridgehead atoms. The largest absolute Gasteiger partial charge is 0.465 e. The fraction of sp³-hybridized carbons (Fsp3) is 0.529. The number of unbranched alkanes of at least 4 members (excludes halogenated alkanes) is 1. The summed E-state index contributed by atoms with van der Waals surface area (Å²) in [6, 6.07) is 5.78. The zero-order valence-corrected chi connectivity index (χ0v) is 13.4. The molecule has 130 valence electrons. The van der Waals surface area contributed by atoms with Crippen molar-refractivity contribution in [3.8, 4) is 0 Å². The Balaban J connectivity index is 1.93. The van der Waals surface area contributed by atoms with Gasteiger partial charge in [0.1, 0.15) is 0 Å². The van der Waals surface area contributed by atoms with E-state index < -0.39 is 17.6 Å². The van der Waals surface area contributed by atoms with Crippen LogP contribution in [-0.4, -0.2) is 58.6 Å². The fourth-order valence-electron chi connectivity index (χ4n) is 3.87. The Morgan fingerprint density at radius 3 is 2.54 bits per heavy atom. The molecule has 1 atom stereocenters. The minimum absolute atomic E-state index is 0.162. The van der Waals surface area contributed by atoms with Gasteiger partial charge in [-0.25, -0.2) is 9.59 Å². The molecule has 24 heavy (non-hydrogen) atoms. The molecule has 7 heteroatoms. The number of benzene rings is 1. The van der Waals surface area contributed by atoms with Crippen molar-refractivity contribution in [3.63, 3.8) is 0 Å². The molecule has 2 aliphatic heterocycles. The Morgan fingerprint density at radius 1 is 1.12 bits per heavy atom. The van der Waals surface area contributed by atoms with E-state index >= 15 is 0 Å². The second-order valence-electron chi connectivity index (χ2n) is 6.64. The highest BCUT2D eigenvalue weighted by Crippen LogP contribution is 2.46. The van der Waals surface area contributed by atoms with Gasteiger partial charge in [0.05, 0.1) is 5.69 Å². The predicted octanol–water partition coefficient (Wildman–Crippen LogP) is 2.12. The third-order valence-corrected chi connectivity index (χ3v) is 5.11. The van der Waals surface area contributed by atoms with E-state index in [1.807, 2.05) is 18.2 Å². The molecule has 0 aromatic heterocycles. The molecule has 3 N–H and O–H groups in total. The molecule has 0 saturated carbocycles. The number of aryl methyl sites for hydroxylation is 1. The van der Waals surface area contributed by atoms with Gasteiger partial charge in [0.2, 0.25) is 0 Å². The van der Waals surface area contributed by atoms with Crippen LogP contribution in [0.15, 0.2) is 18.2 Å². The van der Waals surface area contributed by atoms with Crippen molar-refractivity contribution in [1.82, 2.24) is 4.90 Å². The minimum Gasteiger partial charge on any atom is -0.465 e. The summed E-state index contributed by atoms with van der Waals surface area (Å²) in [5.74, 6) is 0. The second-order valence-corrected chi connectivity index (χ2v) is 6.64. The molecule has 1 spiro atoms. The molecular weight excluding hydrogens is 312 g/mol. The summed E-state index contributed by atoms with van der Waals surface area (Å²) in [4.78, 5) is 25.6. The number of amides is 2. The van der Waals surface area contributed by atoms with Gasteiger partial charge in [-0.2, -0.15) is 0 Å². The van der Waals surface area contributed by atoms with E-state index in [2.05, 4.69) is 0 Å². The number of likely N-dealkylation sites (tertiary alicyclic amines) is 1. The molecule has 3 rings (SSSR count). The maximum absolute atomic E-state index is 11.6. The monoisotopic (exact) mass is 334 g/mol. The van der Waals surface area contributed by atoms with Gasteiger partial charge in [0.15, 0.2) is 0 Å². The van der Waals surface area contributed by atoms with Gasteiger partial charge in [0.25, 0.3) is 0 Å². The van der Waals surface area contributed by atoms with Crippen LogP contribution in [0.4, 0.5) is 15.3 Å². The van der Waals surface area contributed by atoms with Crippen molar-refractivity contribution < 1.29 is 24.9 Å². The van der Waals surface area contributed by atoms with Crippen LogP contribution in [-0.2, 0) is 11.8 Å². The molecule has 2 aliphatic rings. The maximum atomic E-state index is 11.6. The molecule has 0 aliphatic carbocycles. The summed E-state index contributed by atoms with van der Waals surface area (Å²) in [6.07, 6.45) is 1.09.